The van der Waals surface area contributed by atoms with Gasteiger partial charge in [0.15, 0.2) is 5.78 Å². The molecule has 0 aromatic heterocycles. The molecular weight excluding hydrogens is 295 g/mol. The predicted molar refractivity (Wildman–Crippen MR) is 79.4 cm³/mol. The lowest BCUT2D eigenvalue weighted by atomic mass is 10.1. The molecule has 0 heterocycles. The maximum Gasteiger partial charge on any atom is 0.189 e. The predicted octanol–water partition coefficient (Wildman–Crippen LogP) is 4.09. The summed E-state index contributed by atoms with van der Waals surface area (Å²) in [6, 6.07) is 8.33. The first-order valence-corrected chi connectivity index (χ1v) is 6.44. The Kier molecular flexibility index (Phi) is 4.60. The Morgan fingerprint density at radius 3 is 2.76 bits per heavy atom. The molecular formula is C16H12ClFO3. The van der Waals surface area contributed by atoms with Crippen LogP contribution in [0, 0.1) is 5.82 Å². The zero-order valence-corrected chi connectivity index (χ0v) is 11.9. The topological polar surface area (TPSA) is 46.5 Å². The van der Waals surface area contributed by atoms with Crippen molar-refractivity contribution in [3.63, 3.8) is 0 Å². The van der Waals surface area contributed by atoms with Crippen LogP contribution in [0.5, 0.6) is 11.5 Å². The summed E-state index contributed by atoms with van der Waals surface area (Å²) in [5.74, 6) is -0.957. The van der Waals surface area contributed by atoms with Crippen LogP contribution in [0.4, 0.5) is 4.39 Å². The maximum atomic E-state index is 12.9. The fourth-order valence-corrected chi connectivity index (χ4v) is 2.05. The van der Waals surface area contributed by atoms with Crippen molar-refractivity contribution in [2.45, 2.75) is 0 Å². The van der Waals surface area contributed by atoms with Crippen LogP contribution in [0.2, 0.25) is 5.02 Å². The number of halogens is 2. The van der Waals surface area contributed by atoms with Crippen molar-refractivity contribution >= 4 is 23.5 Å². The minimum absolute atomic E-state index is 0.0127. The normalized spacial score (nSPS) is 10.8. The number of ketones is 1. The molecule has 0 fully saturated rings. The molecule has 0 atom stereocenters. The molecule has 0 saturated carbocycles. The van der Waals surface area contributed by atoms with Gasteiger partial charge in [-0.3, -0.25) is 4.79 Å². The van der Waals surface area contributed by atoms with Crippen LogP contribution < -0.4 is 4.74 Å². The zero-order valence-electron chi connectivity index (χ0n) is 11.1. The van der Waals surface area contributed by atoms with Gasteiger partial charge in [-0.15, -0.1) is 0 Å². The highest BCUT2D eigenvalue weighted by Gasteiger charge is 2.10. The fraction of sp³-hybridized carbons (Fsp3) is 0.0625. The molecule has 0 aliphatic carbocycles. The average Bonchev–Trinajstić information content (AvgIpc) is 2.45. The Labute approximate surface area is 126 Å². The Bertz CT molecular complexity index is 711. The molecule has 21 heavy (non-hydrogen) atoms. The van der Waals surface area contributed by atoms with Crippen LogP contribution in [-0.4, -0.2) is 18.0 Å². The molecule has 2 aromatic carbocycles. The average molecular weight is 307 g/mol. The monoisotopic (exact) mass is 306 g/mol. The minimum Gasteiger partial charge on any atom is -0.507 e. The van der Waals surface area contributed by atoms with E-state index >= 15 is 0 Å². The van der Waals surface area contributed by atoms with E-state index in [1.165, 1.54) is 25.3 Å². The molecule has 0 bridgehead atoms. The van der Waals surface area contributed by atoms with Gasteiger partial charge in [-0.1, -0.05) is 17.7 Å². The van der Waals surface area contributed by atoms with E-state index in [9.17, 15) is 14.3 Å². The van der Waals surface area contributed by atoms with Gasteiger partial charge in [0.25, 0.3) is 0 Å². The number of phenolic OH excluding ortho intramolecular Hbond substituents is 1. The number of aromatic hydroxyl groups is 1. The lowest BCUT2D eigenvalue weighted by Crippen LogP contribution is -1.96. The van der Waals surface area contributed by atoms with Gasteiger partial charge in [-0.05, 0) is 36.4 Å². The molecule has 2 rings (SSSR count). The van der Waals surface area contributed by atoms with E-state index in [1.807, 2.05) is 0 Å². The largest absolute Gasteiger partial charge is 0.507 e. The smallest absolute Gasteiger partial charge is 0.189 e. The second kappa shape index (κ2) is 6.41. The summed E-state index contributed by atoms with van der Waals surface area (Å²) in [4.78, 5) is 12.0. The molecule has 0 saturated heterocycles. The zero-order chi connectivity index (χ0) is 15.4. The highest BCUT2D eigenvalue weighted by atomic mass is 35.5. The van der Waals surface area contributed by atoms with E-state index in [0.29, 0.717) is 16.3 Å². The highest BCUT2D eigenvalue weighted by molar-refractivity contribution is 6.32. The summed E-state index contributed by atoms with van der Waals surface area (Å²) < 4.78 is 18.0. The number of benzene rings is 2. The summed E-state index contributed by atoms with van der Waals surface area (Å²) >= 11 is 6.05. The molecule has 0 unspecified atom stereocenters. The third kappa shape index (κ3) is 3.41. The van der Waals surface area contributed by atoms with E-state index in [-0.39, 0.29) is 5.56 Å². The van der Waals surface area contributed by atoms with Crippen LogP contribution in [0.1, 0.15) is 15.9 Å². The van der Waals surface area contributed by atoms with E-state index in [4.69, 9.17) is 16.3 Å². The van der Waals surface area contributed by atoms with Crippen molar-refractivity contribution in [1.29, 1.82) is 0 Å². The molecule has 0 spiro atoms. The quantitative estimate of drug-likeness (QED) is 0.683. The number of allylic oxidation sites excluding steroid dienone is 1. The van der Waals surface area contributed by atoms with Crippen LogP contribution in [0.25, 0.3) is 6.08 Å². The first-order chi connectivity index (χ1) is 10.0. The van der Waals surface area contributed by atoms with Crippen LogP contribution >= 0.6 is 11.6 Å². The molecule has 3 nitrogen and oxygen atoms in total. The SMILES string of the molecule is COc1cccc(Cl)c1/C=C/C(=O)c1ccc(F)cc1O. The van der Waals surface area contributed by atoms with Gasteiger partial charge in [0.1, 0.15) is 17.3 Å². The van der Waals surface area contributed by atoms with E-state index < -0.39 is 17.3 Å². The summed E-state index contributed by atoms with van der Waals surface area (Å²) in [7, 11) is 1.50. The van der Waals surface area contributed by atoms with Crippen molar-refractivity contribution in [2.75, 3.05) is 7.11 Å². The van der Waals surface area contributed by atoms with E-state index in [1.54, 1.807) is 18.2 Å². The minimum atomic E-state index is -0.610. The number of carbonyl (C=O) groups is 1. The second-order valence-electron chi connectivity index (χ2n) is 4.21. The lowest BCUT2D eigenvalue weighted by Gasteiger charge is -2.06. The summed E-state index contributed by atoms with van der Waals surface area (Å²) in [6.07, 6.45) is 2.74. The van der Waals surface area contributed by atoms with Crippen molar-refractivity contribution in [3.05, 3.63) is 64.4 Å². The standard InChI is InChI=1S/C16H12ClFO3/c1-21-16-4-2-3-13(17)11(16)7-8-14(19)12-6-5-10(18)9-15(12)20/h2-9,20H,1H3/b8-7+. The molecule has 108 valence electrons. The first kappa shape index (κ1) is 15.1. The number of hydrogen-bond donors (Lipinski definition) is 1. The van der Waals surface area contributed by atoms with Gasteiger partial charge in [-0.2, -0.15) is 0 Å². The lowest BCUT2D eigenvalue weighted by molar-refractivity contribution is 0.104. The van der Waals surface area contributed by atoms with Crippen LogP contribution in [0.3, 0.4) is 0 Å². The number of rotatable bonds is 4. The van der Waals surface area contributed by atoms with Crippen LogP contribution in [0.15, 0.2) is 42.5 Å². The Morgan fingerprint density at radius 1 is 1.33 bits per heavy atom. The Balaban J connectivity index is 2.31. The molecule has 0 aliphatic rings. The summed E-state index contributed by atoms with van der Waals surface area (Å²) in [6.45, 7) is 0. The van der Waals surface area contributed by atoms with Gasteiger partial charge in [0, 0.05) is 11.6 Å². The maximum absolute atomic E-state index is 12.9. The second-order valence-corrected chi connectivity index (χ2v) is 4.62. The molecule has 1 N–H and O–H groups in total. The Morgan fingerprint density at radius 2 is 2.10 bits per heavy atom. The van der Waals surface area contributed by atoms with Gasteiger partial charge in [-0.25, -0.2) is 4.39 Å². The summed E-state index contributed by atoms with van der Waals surface area (Å²) in [5.41, 5.74) is 0.565. The number of ether oxygens (including phenoxy) is 1. The Hall–Kier alpha value is -2.33. The van der Waals surface area contributed by atoms with Crippen molar-refractivity contribution in [1.82, 2.24) is 0 Å². The number of phenols is 1. The van der Waals surface area contributed by atoms with Gasteiger partial charge in [0.2, 0.25) is 0 Å². The van der Waals surface area contributed by atoms with E-state index in [0.717, 1.165) is 12.1 Å². The molecule has 2 aromatic rings. The van der Waals surface area contributed by atoms with Crippen molar-refractivity contribution in [3.8, 4) is 11.5 Å². The molecule has 5 heteroatoms. The van der Waals surface area contributed by atoms with Crippen molar-refractivity contribution < 1.29 is 19.0 Å². The van der Waals surface area contributed by atoms with Gasteiger partial charge < -0.3 is 9.84 Å². The third-order valence-electron chi connectivity index (χ3n) is 2.86. The molecule has 0 amide bonds. The van der Waals surface area contributed by atoms with Crippen molar-refractivity contribution in [2.24, 2.45) is 0 Å². The first-order valence-electron chi connectivity index (χ1n) is 6.06. The number of carbonyl (C=O) groups excluding carboxylic acids is 1. The van der Waals surface area contributed by atoms with E-state index in [2.05, 4.69) is 0 Å². The van der Waals surface area contributed by atoms with Gasteiger partial charge in [0.05, 0.1) is 17.7 Å². The van der Waals surface area contributed by atoms with Crippen LogP contribution in [-0.2, 0) is 0 Å². The highest BCUT2D eigenvalue weighted by Crippen LogP contribution is 2.28. The fourth-order valence-electron chi connectivity index (χ4n) is 1.82. The number of hydrogen-bond acceptors (Lipinski definition) is 3. The molecule has 0 radical (unpaired) electrons. The molecule has 0 aliphatic heterocycles. The van der Waals surface area contributed by atoms with Gasteiger partial charge >= 0.3 is 0 Å². The number of methoxy groups -OCH3 is 1. The summed E-state index contributed by atoms with van der Waals surface area (Å²) in [5, 5.41) is 10.0. The third-order valence-corrected chi connectivity index (χ3v) is 3.19.